The molecule has 140 valence electrons. The van der Waals surface area contributed by atoms with Crippen molar-refractivity contribution in [2.45, 2.75) is 50.0 Å². The zero-order valence-electron chi connectivity index (χ0n) is 15.7. The van der Waals surface area contributed by atoms with Crippen molar-refractivity contribution < 1.29 is 4.79 Å². The van der Waals surface area contributed by atoms with Gasteiger partial charge in [0.25, 0.3) is 5.91 Å². The number of amides is 1. The molecule has 2 heterocycles. The molecule has 0 aliphatic rings. The predicted octanol–water partition coefficient (Wildman–Crippen LogP) is 5.30. The van der Waals surface area contributed by atoms with E-state index in [2.05, 4.69) is 53.4 Å². The molecule has 0 atom stereocenters. The monoisotopic (exact) mass is 398 g/mol. The minimum atomic E-state index is -0.215. The molecule has 5 nitrogen and oxygen atoms in total. The number of hydrogen-bond donors (Lipinski definition) is 1. The second-order valence-electron chi connectivity index (χ2n) is 6.26. The molecule has 0 fully saturated rings. The Bertz CT molecular complexity index is 939. The van der Waals surface area contributed by atoms with Gasteiger partial charge in [-0.1, -0.05) is 42.5 Å². The number of aryl methyl sites for hydroxylation is 3. The largest absolute Gasteiger partial charge is 0.296 e. The smallest absolute Gasteiger partial charge is 0.260 e. The topological polar surface area (TPSA) is 67.8 Å². The maximum Gasteiger partial charge on any atom is 0.260 e. The lowest BCUT2D eigenvalue weighted by Crippen LogP contribution is -2.13. The summed E-state index contributed by atoms with van der Waals surface area (Å²) in [6, 6.07) is 9.80. The number of nitrogens with zero attached hydrogens (tertiary/aromatic N) is 3. The van der Waals surface area contributed by atoms with Crippen LogP contribution >= 0.6 is 23.1 Å². The summed E-state index contributed by atoms with van der Waals surface area (Å²) in [7, 11) is 0. The lowest BCUT2D eigenvalue weighted by atomic mass is 10.1. The summed E-state index contributed by atoms with van der Waals surface area (Å²) >= 11 is 2.92. The number of unbranched alkanes of at least 4 members (excludes halogenated alkanes) is 1. The van der Waals surface area contributed by atoms with Crippen molar-refractivity contribution in [2.75, 3.05) is 5.32 Å². The van der Waals surface area contributed by atoms with Crippen molar-refractivity contribution in [3.8, 4) is 0 Å². The molecule has 27 heavy (non-hydrogen) atoms. The third-order valence-corrected chi connectivity index (χ3v) is 6.05. The first-order valence-electron chi connectivity index (χ1n) is 8.90. The molecule has 0 saturated carbocycles. The molecule has 0 unspecified atom stereocenters. The minimum Gasteiger partial charge on any atom is -0.296 e. The molecular formula is C20H22N4OS2. The average molecular weight is 399 g/mol. The Hall–Kier alpha value is -2.25. The van der Waals surface area contributed by atoms with Gasteiger partial charge in [-0.25, -0.2) is 4.98 Å². The summed E-state index contributed by atoms with van der Waals surface area (Å²) in [6.07, 6.45) is 4.77. The summed E-state index contributed by atoms with van der Waals surface area (Å²) in [5.41, 5.74) is 3.00. The fraction of sp³-hybridized carbons (Fsp3) is 0.300. The van der Waals surface area contributed by atoms with Crippen molar-refractivity contribution in [3.63, 3.8) is 0 Å². The maximum absolute atomic E-state index is 12.7. The van der Waals surface area contributed by atoms with Crippen LogP contribution in [0.2, 0.25) is 0 Å². The van der Waals surface area contributed by atoms with E-state index in [1.54, 1.807) is 18.3 Å². The van der Waals surface area contributed by atoms with Crippen molar-refractivity contribution in [1.29, 1.82) is 0 Å². The number of hydrogen-bond acceptors (Lipinski definition) is 6. The van der Waals surface area contributed by atoms with Crippen LogP contribution in [0, 0.1) is 13.8 Å². The molecule has 0 aliphatic carbocycles. The van der Waals surface area contributed by atoms with Gasteiger partial charge in [0, 0.05) is 17.5 Å². The normalized spacial score (nSPS) is 10.8. The molecule has 0 bridgehead atoms. The van der Waals surface area contributed by atoms with E-state index in [1.807, 2.05) is 6.07 Å². The number of anilines is 1. The standard InChI is InChI=1S/C20H22N4OS2/c1-4-5-8-17-23-24-20(27-17)22-18(25)16-7-6-11-21-19(16)26-15-10-9-13(2)14(3)12-15/h6-7,9-12H,4-5,8H2,1-3H3,(H,22,24,25). The van der Waals surface area contributed by atoms with E-state index in [4.69, 9.17) is 0 Å². The summed E-state index contributed by atoms with van der Waals surface area (Å²) in [5, 5.41) is 13.2. The van der Waals surface area contributed by atoms with E-state index in [9.17, 15) is 4.79 Å². The van der Waals surface area contributed by atoms with Crippen LogP contribution in [0.5, 0.6) is 0 Å². The first-order chi connectivity index (χ1) is 13.1. The van der Waals surface area contributed by atoms with Crippen molar-refractivity contribution >= 4 is 34.1 Å². The molecule has 1 amide bonds. The molecule has 0 spiro atoms. The summed E-state index contributed by atoms with van der Waals surface area (Å²) in [5.74, 6) is -0.215. The van der Waals surface area contributed by atoms with Crippen LogP contribution in [-0.4, -0.2) is 21.1 Å². The van der Waals surface area contributed by atoms with E-state index < -0.39 is 0 Å². The van der Waals surface area contributed by atoms with Gasteiger partial charge in [-0.3, -0.25) is 10.1 Å². The fourth-order valence-corrected chi connectivity index (χ4v) is 4.19. The van der Waals surface area contributed by atoms with Crippen LogP contribution in [0.25, 0.3) is 0 Å². The van der Waals surface area contributed by atoms with Crippen molar-refractivity contribution in [1.82, 2.24) is 15.2 Å². The lowest BCUT2D eigenvalue weighted by Gasteiger charge is -2.08. The molecule has 7 heteroatoms. The lowest BCUT2D eigenvalue weighted by molar-refractivity contribution is 0.102. The van der Waals surface area contributed by atoms with Gasteiger partial charge in [-0.2, -0.15) is 0 Å². The molecule has 3 aromatic rings. The van der Waals surface area contributed by atoms with Crippen LogP contribution in [0.15, 0.2) is 46.5 Å². The van der Waals surface area contributed by atoms with E-state index in [-0.39, 0.29) is 5.91 Å². The first kappa shape index (κ1) is 19.5. The van der Waals surface area contributed by atoms with Crippen LogP contribution in [0.1, 0.15) is 46.3 Å². The molecule has 0 saturated heterocycles. The summed E-state index contributed by atoms with van der Waals surface area (Å²) < 4.78 is 0. The van der Waals surface area contributed by atoms with Gasteiger partial charge < -0.3 is 0 Å². The molecule has 0 aliphatic heterocycles. The third kappa shape index (κ3) is 5.14. The number of carbonyl (C=O) groups excluding carboxylic acids is 1. The van der Waals surface area contributed by atoms with Gasteiger partial charge in [0.05, 0.1) is 5.56 Å². The van der Waals surface area contributed by atoms with Gasteiger partial charge in [-0.15, -0.1) is 10.2 Å². The Morgan fingerprint density at radius 2 is 2.04 bits per heavy atom. The zero-order chi connectivity index (χ0) is 19.2. The Labute approximate surface area is 167 Å². The van der Waals surface area contributed by atoms with E-state index in [0.29, 0.717) is 15.7 Å². The number of pyridine rings is 1. The zero-order valence-corrected chi connectivity index (χ0v) is 17.3. The first-order valence-corrected chi connectivity index (χ1v) is 10.5. The molecule has 3 rings (SSSR count). The van der Waals surface area contributed by atoms with Gasteiger partial charge in [0.2, 0.25) is 5.13 Å². The Morgan fingerprint density at radius 1 is 1.19 bits per heavy atom. The molecule has 1 N–H and O–H groups in total. The van der Waals surface area contributed by atoms with E-state index >= 15 is 0 Å². The maximum atomic E-state index is 12.7. The average Bonchev–Trinajstić information content (AvgIpc) is 3.10. The number of rotatable bonds is 7. The second kappa shape index (κ2) is 9.10. The Balaban J connectivity index is 1.75. The highest BCUT2D eigenvalue weighted by Crippen LogP contribution is 2.30. The highest BCUT2D eigenvalue weighted by Gasteiger charge is 2.16. The fourth-order valence-electron chi connectivity index (χ4n) is 2.43. The number of aromatic nitrogens is 3. The Kier molecular flexibility index (Phi) is 6.58. The highest BCUT2D eigenvalue weighted by atomic mass is 32.2. The predicted molar refractivity (Wildman–Crippen MR) is 111 cm³/mol. The third-order valence-electron chi connectivity index (χ3n) is 4.14. The number of nitrogens with one attached hydrogen (secondary N) is 1. The van der Waals surface area contributed by atoms with Crippen molar-refractivity contribution in [3.05, 3.63) is 58.2 Å². The van der Waals surface area contributed by atoms with Crippen LogP contribution < -0.4 is 5.32 Å². The second-order valence-corrected chi connectivity index (χ2v) is 8.39. The van der Waals surface area contributed by atoms with Crippen LogP contribution in [-0.2, 0) is 6.42 Å². The molecular weight excluding hydrogens is 376 g/mol. The van der Waals surface area contributed by atoms with Crippen molar-refractivity contribution in [2.24, 2.45) is 0 Å². The summed E-state index contributed by atoms with van der Waals surface area (Å²) in [6.45, 7) is 6.30. The summed E-state index contributed by atoms with van der Waals surface area (Å²) in [4.78, 5) is 18.2. The highest BCUT2D eigenvalue weighted by molar-refractivity contribution is 7.99. The van der Waals surface area contributed by atoms with Gasteiger partial charge in [0.1, 0.15) is 10.0 Å². The molecule has 2 aromatic heterocycles. The van der Waals surface area contributed by atoms with Crippen LogP contribution in [0.4, 0.5) is 5.13 Å². The molecule has 0 radical (unpaired) electrons. The number of benzene rings is 1. The Morgan fingerprint density at radius 3 is 2.81 bits per heavy atom. The molecule has 1 aromatic carbocycles. The quantitative estimate of drug-likeness (QED) is 0.585. The van der Waals surface area contributed by atoms with Gasteiger partial charge in [-0.05, 0) is 55.7 Å². The van der Waals surface area contributed by atoms with Gasteiger partial charge >= 0.3 is 0 Å². The minimum absolute atomic E-state index is 0.215. The van der Waals surface area contributed by atoms with Gasteiger partial charge in [0.15, 0.2) is 0 Å². The van der Waals surface area contributed by atoms with E-state index in [1.165, 1.54) is 34.2 Å². The van der Waals surface area contributed by atoms with Crippen LogP contribution in [0.3, 0.4) is 0 Å². The van der Waals surface area contributed by atoms with E-state index in [0.717, 1.165) is 29.2 Å². The number of carbonyl (C=O) groups is 1. The SMILES string of the molecule is CCCCc1nnc(NC(=O)c2cccnc2Sc2ccc(C)c(C)c2)s1.